The molecule has 0 aliphatic carbocycles. The molecular weight excluding hydrogens is 386 g/mol. The van der Waals surface area contributed by atoms with Gasteiger partial charge in [0.05, 0.1) is 47.9 Å². The number of aromatic nitrogens is 3. The molecule has 2 aliphatic rings. The highest BCUT2D eigenvalue weighted by Crippen LogP contribution is 2.37. The van der Waals surface area contributed by atoms with E-state index in [-0.39, 0.29) is 5.60 Å². The van der Waals surface area contributed by atoms with Crippen molar-refractivity contribution in [2.45, 2.75) is 38.9 Å². The summed E-state index contributed by atoms with van der Waals surface area (Å²) in [5.41, 5.74) is 3.16. The normalized spacial score (nSPS) is 19.5. The minimum absolute atomic E-state index is 0.153. The fourth-order valence-electron chi connectivity index (χ4n) is 4.17. The fourth-order valence-corrected chi connectivity index (χ4v) is 5.26. The van der Waals surface area contributed by atoms with E-state index in [9.17, 15) is 0 Å². The first-order chi connectivity index (χ1) is 14.1. The summed E-state index contributed by atoms with van der Waals surface area (Å²) in [5.74, 6) is 0.921. The number of hydrogen-bond acceptors (Lipinski definition) is 7. The predicted molar refractivity (Wildman–Crippen MR) is 115 cm³/mol. The van der Waals surface area contributed by atoms with Crippen molar-refractivity contribution in [1.29, 1.82) is 0 Å². The van der Waals surface area contributed by atoms with Crippen LogP contribution in [0.3, 0.4) is 0 Å². The maximum Gasteiger partial charge on any atom is 0.147 e. The Balaban J connectivity index is 1.36. The molecule has 3 aromatic rings. The van der Waals surface area contributed by atoms with E-state index in [1.54, 1.807) is 22.6 Å². The van der Waals surface area contributed by atoms with Crippen molar-refractivity contribution < 1.29 is 14.4 Å². The van der Waals surface area contributed by atoms with Crippen LogP contribution in [0.4, 0.5) is 5.82 Å². The number of nitrogens with one attached hydrogen (secondary N) is 2. The largest absolute Gasteiger partial charge is 0.370 e. The quantitative estimate of drug-likeness (QED) is 0.621. The van der Waals surface area contributed by atoms with Crippen LogP contribution in [0.5, 0.6) is 0 Å². The van der Waals surface area contributed by atoms with Gasteiger partial charge in [0.2, 0.25) is 0 Å². The Morgan fingerprint density at radius 1 is 1.24 bits per heavy atom. The van der Waals surface area contributed by atoms with Gasteiger partial charge in [0, 0.05) is 30.3 Å². The van der Waals surface area contributed by atoms with Crippen molar-refractivity contribution in [3.8, 4) is 0 Å². The molecule has 3 aromatic heterocycles. The zero-order valence-electron chi connectivity index (χ0n) is 17.1. The summed E-state index contributed by atoms with van der Waals surface area (Å²) in [6, 6.07) is 2.21. The number of fused-ring (bicyclic) bond motifs is 4. The maximum absolute atomic E-state index is 5.98. The summed E-state index contributed by atoms with van der Waals surface area (Å²) in [6.45, 7) is 10.9. The van der Waals surface area contributed by atoms with Gasteiger partial charge in [-0.25, -0.2) is 15.0 Å². The number of quaternary nitrogens is 1. The summed E-state index contributed by atoms with van der Waals surface area (Å²) < 4.78 is 12.5. The van der Waals surface area contributed by atoms with E-state index in [0.29, 0.717) is 6.61 Å². The van der Waals surface area contributed by atoms with Crippen LogP contribution >= 0.6 is 11.3 Å². The molecule has 1 saturated heterocycles. The number of pyridine rings is 1. The average Bonchev–Trinajstić information content (AvgIpc) is 3.08. The second-order valence-electron chi connectivity index (χ2n) is 8.57. The van der Waals surface area contributed by atoms with Crippen molar-refractivity contribution in [3.63, 3.8) is 0 Å². The van der Waals surface area contributed by atoms with Gasteiger partial charge in [0.15, 0.2) is 0 Å². The number of thiophene rings is 1. The Morgan fingerprint density at radius 2 is 2.10 bits per heavy atom. The highest BCUT2D eigenvalue weighted by molar-refractivity contribution is 7.25. The summed E-state index contributed by atoms with van der Waals surface area (Å²) in [5, 5.41) is 4.64. The molecule has 0 unspecified atom stereocenters. The van der Waals surface area contributed by atoms with Crippen LogP contribution in [0, 0.1) is 0 Å². The molecule has 2 N–H and O–H groups in total. The van der Waals surface area contributed by atoms with Crippen LogP contribution in [0.2, 0.25) is 0 Å². The van der Waals surface area contributed by atoms with Crippen molar-refractivity contribution in [2.24, 2.45) is 0 Å². The Morgan fingerprint density at radius 3 is 2.97 bits per heavy atom. The lowest BCUT2D eigenvalue weighted by atomic mass is 9.95. The van der Waals surface area contributed by atoms with E-state index in [4.69, 9.17) is 14.5 Å². The molecule has 1 fully saturated rings. The SMILES string of the molecule is CC1(C)Cc2nc3sc4c(NCCC[NH+]5CCOCC5)ncnc4c3cc2CO1. The smallest absolute Gasteiger partial charge is 0.147 e. The van der Waals surface area contributed by atoms with E-state index < -0.39 is 0 Å². The van der Waals surface area contributed by atoms with Crippen molar-refractivity contribution in [1.82, 2.24) is 15.0 Å². The first kappa shape index (κ1) is 19.1. The van der Waals surface area contributed by atoms with Crippen molar-refractivity contribution in [2.75, 3.05) is 44.7 Å². The highest BCUT2D eigenvalue weighted by Gasteiger charge is 2.28. The van der Waals surface area contributed by atoms with E-state index in [1.165, 1.54) is 12.1 Å². The molecule has 5 rings (SSSR count). The Hall–Kier alpha value is -1.87. The highest BCUT2D eigenvalue weighted by atomic mass is 32.1. The van der Waals surface area contributed by atoms with Crippen LogP contribution in [0.15, 0.2) is 12.4 Å². The second-order valence-corrected chi connectivity index (χ2v) is 9.57. The molecule has 29 heavy (non-hydrogen) atoms. The number of hydrogen-bond donors (Lipinski definition) is 2. The zero-order chi connectivity index (χ0) is 19.8. The molecule has 0 amide bonds. The molecule has 2 aliphatic heterocycles. The molecule has 0 spiro atoms. The standard InChI is InChI=1S/C21H27N5O2S/c1-21(2)11-16-14(12-28-21)10-15-17-18(29-20(15)25-16)19(24-13-23-17)22-4-3-5-26-6-8-27-9-7-26/h10,13H,3-9,11-12H2,1-2H3,(H,22,23,24)/p+1. The lowest BCUT2D eigenvalue weighted by molar-refractivity contribution is -0.908. The topological polar surface area (TPSA) is 73.6 Å². The first-order valence-corrected chi connectivity index (χ1v) is 11.3. The fraction of sp³-hybridized carbons (Fsp3) is 0.571. The monoisotopic (exact) mass is 414 g/mol. The third-order valence-corrected chi connectivity index (χ3v) is 6.92. The van der Waals surface area contributed by atoms with Crippen molar-refractivity contribution in [3.05, 3.63) is 23.7 Å². The van der Waals surface area contributed by atoms with Gasteiger partial charge in [-0.1, -0.05) is 0 Å². The molecule has 7 nitrogen and oxygen atoms in total. The zero-order valence-corrected chi connectivity index (χ0v) is 17.9. The molecule has 0 radical (unpaired) electrons. The molecule has 0 saturated carbocycles. The molecule has 8 heteroatoms. The van der Waals surface area contributed by atoms with Crippen LogP contribution < -0.4 is 10.2 Å². The summed E-state index contributed by atoms with van der Waals surface area (Å²) in [6.07, 6.45) is 3.61. The van der Waals surface area contributed by atoms with E-state index in [1.807, 2.05) is 0 Å². The minimum Gasteiger partial charge on any atom is -0.370 e. The van der Waals surface area contributed by atoms with Gasteiger partial charge in [-0.15, -0.1) is 11.3 Å². The summed E-state index contributed by atoms with van der Waals surface area (Å²) >= 11 is 1.69. The van der Waals surface area contributed by atoms with Gasteiger partial charge in [0.25, 0.3) is 0 Å². The molecule has 0 aromatic carbocycles. The van der Waals surface area contributed by atoms with E-state index in [0.717, 1.165) is 77.6 Å². The summed E-state index contributed by atoms with van der Waals surface area (Å²) in [4.78, 5) is 16.7. The van der Waals surface area contributed by atoms with Gasteiger partial charge >= 0.3 is 0 Å². The summed E-state index contributed by atoms with van der Waals surface area (Å²) in [7, 11) is 0. The number of nitrogens with zero attached hydrogens (tertiary/aromatic N) is 3. The lowest BCUT2D eigenvalue weighted by Crippen LogP contribution is -3.14. The van der Waals surface area contributed by atoms with E-state index in [2.05, 4.69) is 35.2 Å². The maximum atomic E-state index is 5.98. The van der Waals surface area contributed by atoms with Crippen LogP contribution in [0.25, 0.3) is 20.4 Å². The first-order valence-electron chi connectivity index (χ1n) is 10.4. The number of ether oxygens (including phenoxy) is 2. The van der Waals surface area contributed by atoms with Gasteiger partial charge in [-0.2, -0.15) is 0 Å². The average molecular weight is 415 g/mol. The van der Waals surface area contributed by atoms with Crippen LogP contribution in [-0.4, -0.2) is 59.9 Å². The third-order valence-electron chi connectivity index (χ3n) is 5.82. The van der Waals surface area contributed by atoms with Gasteiger partial charge in [-0.05, 0) is 19.9 Å². The van der Waals surface area contributed by atoms with E-state index >= 15 is 0 Å². The second kappa shape index (κ2) is 7.75. The Bertz CT molecular complexity index is 1030. The molecule has 0 atom stereocenters. The minimum atomic E-state index is -0.153. The van der Waals surface area contributed by atoms with Gasteiger partial charge < -0.3 is 19.7 Å². The van der Waals surface area contributed by atoms with Crippen LogP contribution in [-0.2, 0) is 22.5 Å². The number of morpholine rings is 1. The lowest BCUT2D eigenvalue weighted by Gasteiger charge is -2.30. The van der Waals surface area contributed by atoms with Crippen LogP contribution in [0.1, 0.15) is 31.5 Å². The predicted octanol–water partition coefficient (Wildman–Crippen LogP) is 1.81. The molecular formula is C21H28N5O2S+. The van der Waals surface area contributed by atoms with Gasteiger partial charge in [-0.3, -0.25) is 0 Å². The van der Waals surface area contributed by atoms with Crippen molar-refractivity contribution >= 4 is 37.6 Å². The Labute approximate surface area is 174 Å². The Kier molecular flexibility index (Phi) is 5.11. The molecule has 0 bridgehead atoms. The number of anilines is 1. The molecule has 5 heterocycles. The van der Waals surface area contributed by atoms with Gasteiger partial charge in [0.1, 0.15) is 30.1 Å². The number of rotatable bonds is 5. The molecule has 154 valence electrons. The third kappa shape index (κ3) is 3.94.